The van der Waals surface area contributed by atoms with Gasteiger partial charge in [0.25, 0.3) is 0 Å². The molecule has 1 aliphatic rings. The van der Waals surface area contributed by atoms with Crippen LogP contribution in [-0.2, 0) is 19.2 Å². The average molecular weight is 442 g/mol. The second-order valence-corrected chi connectivity index (χ2v) is 9.18. The molecule has 6 N–H and O–H groups in total. The van der Waals surface area contributed by atoms with E-state index in [-0.39, 0.29) is 32.0 Å². The van der Waals surface area contributed by atoms with Crippen LogP contribution in [0.5, 0.6) is 0 Å². The first-order valence-corrected chi connectivity index (χ1v) is 10.6. The van der Waals surface area contributed by atoms with Gasteiger partial charge in [-0.2, -0.15) is 0 Å². The van der Waals surface area contributed by atoms with E-state index in [1.807, 2.05) is 40.4 Å². The molecular formula is C20H39N7O4. The number of carbonyl (C=O) groups excluding carboxylic acids is 4. The monoisotopic (exact) mass is 441 g/mol. The number of hydrogen-bond acceptors (Lipinski definition) is 8. The molecule has 0 radical (unpaired) electrons. The maximum atomic E-state index is 12.6. The molecule has 1 heterocycles. The van der Waals surface area contributed by atoms with Crippen molar-refractivity contribution < 1.29 is 19.2 Å². The Bertz CT molecular complexity index is 604. The van der Waals surface area contributed by atoms with Crippen LogP contribution in [0.15, 0.2) is 0 Å². The molecule has 11 nitrogen and oxygen atoms in total. The standard InChI is InChI=1S/C20H39N7O4/c1-20(2,3)16(28)12-24-4-6-25(13-17(21)29)8-10-27(15-19(23)31)11-9-26(7-5-24)14-18(22)30/h4-15H2,1-3H3,(H2,21,29)(H2,22,30)(H2,23,31). The highest BCUT2D eigenvalue weighted by Crippen LogP contribution is 2.15. The van der Waals surface area contributed by atoms with Crippen molar-refractivity contribution in [1.29, 1.82) is 0 Å². The summed E-state index contributed by atoms with van der Waals surface area (Å²) in [6.07, 6.45) is 0. The van der Waals surface area contributed by atoms with Crippen molar-refractivity contribution in [3.8, 4) is 0 Å². The minimum absolute atomic E-state index is 0.0844. The van der Waals surface area contributed by atoms with Crippen LogP contribution in [0.2, 0.25) is 0 Å². The third-order valence-corrected chi connectivity index (χ3v) is 5.27. The average Bonchev–Trinajstić information content (AvgIpc) is 2.61. The summed E-state index contributed by atoms with van der Waals surface area (Å²) in [6, 6.07) is 0. The highest BCUT2D eigenvalue weighted by molar-refractivity contribution is 5.85. The largest absolute Gasteiger partial charge is 0.369 e. The van der Waals surface area contributed by atoms with Gasteiger partial charge in [0, 0.05) is 57.8 Å². The van der Waals surface area contributed by atoms with E-state index < -0.39 is 23.1 Å². The molecule has 1 rings (SSSR count). The number of carbonyl (C=O) groups is 4. The summed E-state index contributed by atoms with van der Waals surface area (Å²) in [6.45, 7) is 10.5. The van der Waals surface area contributed by atoms with Gasteiger partial charge in [-0.3, -0.25) is 38.8 Å². The molecule has 178 valence electrons. The number of Topliss-reactive ketones (excluding diaryl/α,β-unsaturated/α-hetero) is 1. The number of ketones is 1. The van der Waals surface area contributed by atoms with E-state index in [1.165, 1.54) is 0 Å². The van der Waals surface area contributed by atoms with E-state index in [9.17, 15) is 19.2 Å². The minimum Gasteiger partial charge on any atom is -0.369 e. The van der Waals surface area contributed by atoms with Crippen molar-refractivity contribution in [3.05, 3.63) is 0 Å². The third-order valence-electron chi connectivity index (χ3n) is 5.27. The first-order chi connectivity index (χ1) is 14.4. The number of primary amides is 3. The lowest BCUT2D eigenvalue weighted by Crippen LogP contribution is -2.50. The fraction of sp³-hybridized carbons (Fsp3) is 0.800. The lowest BCUT2D eigenvalue weighted by Gasteiger charge is -2.33. The lowest BCUT2D eigenvalue weighted by molar-refractivity contribution is -0.128. The van der Waals surface area contributed by atoms with Crippen LogP contribution in [0.25, 0.3) is 0 Å². The third kappa shape index (κ3) is 11.8. The lowest BCUT2D eigenvalue weighted by atomic mass is 9.90. The molecule has 0 bridgehead atoms. The fourth-order valence-electron chi connectivity index (χ4n) is 3.31. The topological polar surface area (TPSA) is 159 Å². The van der Waals surface area contributed by atoms with Crippen molar-refractivity contribution in [1.82, 2.24) is 19.6 Å². The van der Waals surface area contributed by atoms with Gasteiger partial charge in [0.1, 0.15) is 0 Å². The zero-order chi connectivity index (χ0) is 23.6. The van der Waals surface area contributed by atoms with E-state index in [1.54, 1.807) is 0 Å². The normalized spacial score (nSPS) is 19.3. The Kier molecular flexibility index (Phi) is 11.0. The van der Waals surface area contributed by atoms with E-state index in [2.05, 4.69) is 0 Å². The molecule has 0 saturated carbocycles. The van der Waals surface area contributed by atoms with Gasteiger partial charge in [-0.1, -0.05) is 20.8 Å². The van der Waals surface area contributed by atoms with Crippen LogP contribution < -0.4 is 17.2 Å². The van der Waals surface area contributed by atoms with Gasteiger partial charge in [-0.15, -0.1) is 0 Å². The molecule has 1 fully saturated rings. The summed E-state index contributed by atoms with van der Waals surface area (Å²) in [7, 11) is 0. The van der Waals surface area contributed by atoms with Crippen LogP contribution in [0, 0.1) is 5.41 Å². The Morgan fingerprint density at radius 1 is 0.548 bits per heavy atom. The minimum atomic E-state index is -0.460. The van der Waals surface area contributed by atoms with Crippen molar-refractivity contribution in [2.75, 3.05) is 78.5 Å². The summed E-state index contributed by atoms with van der Waals surface area (Å²) in [5.41, 5.74) is 15.7. The summed E-state index contributed by atoms with van der Waals surface area (Å²) < 4.78 is 0. The molecule has 1 saturated heterocycles. The molecular weight excluding hydrogens is 402 g/mol. The van der Waals surface area contributed by atoms with E-state index in [0.717, 1.165) is 0 Å². The second-order valence-electron chi connectivity index (χ2n) is 9.18. The van der Waals surface area contributed by atoms with Crippen molar-refractivity contribution >= 4 is 23.5 Å². The van der Waals surface area contributed by atoms with Gasteiger partial charge >= 0.3 is 0 Å². The van der Waals surface area contributed by atoms with Gasteiger partial charge in [0.2, 0.25) is 17.7 Å². The molecule has 1 aliphatic heterocycles. The Hall–Kier alpha value is -2.08. The van der Waals surface area contributed by atoms with E-state index >= 15 is 0 Å². The van der Waals surface area contributed by atoms with Gasteiger partial charge in [-0.05, 0) is 0 Å². The van der Waals surface area contributed by atoms with E-state index in [0.29, 0.717) is 52.4 Å². The zero-order valence-corrected chi connectivity index (χ0v) is 19.1. The first-order valence-electron chi connectivity index (χ1n) is 10.6. The molecule has 3 amide bonds. The Morgan fingerprint density at radius 2 is 0.774 bits per heavy atom. The molecule has 0 aromatic heterocycles. The predicted octanol–water partition coefficient (Wildman–Crippen LogP) is -2.72. The van der Waals surface area contributed by atoms with Gasteiger partial charge in [0.15, 0.2) is 5.78 Å². The summed E-state index contributed by atoms with van der Waals surface area (Å²) in [4.78, 5) is 54.9. The SMILES string of the molecule is CC(C)(C)C(=O)CN1CCN(CC(N)=O)CCN(CC(N)=O)CCN(CC(N)=O)CC1. The molecule has 0 atom stereocenters. The Balaban J connectivity index is 2.99. The Labute approximate surface area is 184 Å². The molecule has 11 heteroatoms. The molecule has 0 spiro atoms. The smallest absolute Gasteiger partial charge is 0.231 e. The molecule has 0 unspecified atom stereocenters. The predicted molar refractivity (Wildman–Crippen MR) is 118 cm³/mol. The second kappa shape index (κ2) is 12.7. The number of hydrogen-bond donors (Lipinski definition) is 3. The van der Waals surface area contributed by atoms with Gasteiger partial charge in [-0.25, -0.2) is 0 Å². The van der Waals surface area contributed by atoms with E-state index in [4.69, 9.17) is 17.2 Å². The fourth-order valence-corrected chi connectivity index (χ4v) is 3.31. The van der Waals surface area contributed by atoms with Crippen molar-refractivity contribution in [3.63, 3.8) is 0 Å². The van der Waals surface area contributed by atoms with Crippen LogP contribution in [0.4, 0.5) is 0 Å². The summed E-state index contributed by atoms with van der Waals surface area (Å²) >= 11 is 0. The van der Waals surface area contributed by atoms with Gasteiger partial charge in [0.05, 0.1) is 26.2 Å². The number of amides is 3. The maximum absolute atomic E-state index is 12.6. The molecule has 0 aliphatic carbocycles. The number of nitrogens with zero attached hydrogens (tertiary/aromatic N) is 4. The van der Waals surface area contributed by atoms with Crippen LogP contribution in [-0.4, -0.2) is 122 Å². The maximum Gasteiger partial charge on any atom is 0.231 e. The quantitative estimate of drug-likeness (QED) is 0.366. The highest BCUT2D eigenvalue weighted by Gasteiger charge is 2.25. The Morgan fingerprint density at radius 3 is 0.968 bits per heavy atom. The van der Waals surface area contributed by atoms with Crippen LogP contribution in [0.1, 0.15) is 20.8 Å². The molecule has 0 aromatic rings. The highest BCUT2D eigenvalue weighted by atomic mass is 16.2. The van der Waals surface area contributed by atoms with Crippen LogP contribution in [0.3, 0.4) is 0 Å². The number of rotatable bonds is 8. The molecule has 0 aromatic carbocycles. The summed E-state index contributed by atoms with van der Waals surface area (Å²) in [5, 5.41) is 0. The summed E-state index contributed by atoms with van der Waals surface area (Å²) in [5.74, 6) is -1.19. The first kappa shape index (κ1) is 27.0. The van der Waals surface area contributed by atoms with Crippen molar-refractivity contribution in [2.45, 2.75) is 20.8 Å². The number of nitrogens with two attached hydrogens (primary N) is 3. The van der Waals surface area contributed by atoms with Crippen LogP contribution >= 0.6 is 0 Å². The van der Waals surface area contributed by atoms with Crippen molar-refractivity contribution in [2.24, 2.45) is 22.6 Å². The van der Waals surface area contributed by atoms with Gasteiger partial charge < -0.3 is 17.2 Å². The zero-order valence-electron chi connectivity index (χ0n) is 19.1. The molecule has 31 heavy (non-hydrogen) atoms.